The van der Waals surface area contributed by atoms with Crippen LogP contribution >= 0.6 is 0 Å². The molecule has 0 saturated carbocycles. The summed E-state index contributed by atoms with van der Waals surface area (Å²) in [6.07, 6.45) is 5.00. The Balaban J connectivity index is 1.53. The molecule has 6 heteroatoms. The van der Waals surface area contributed by atoms with Crippen molar-refractivity contribution in [1.82, 2.24) is 9.88 Å². The fourth-order valence-corrected chi connectivity index (χ4v) is 2.90. The van der Waals surface area contributed by atoms with Crippen LogP contribution in [-0.2, 0) is 9.53 Å². The molecule has 27 heavy (non-hydrogen) atoms. The molecule has 1 aliphatic heterocycles. The molecule has 6 nitrogen and oxygen atoms in total. The minimum atomic E-state index is -0.364. The normalized spacial score (nSPS) is 14.4. The van der Waals surface area contributed by atoms with Crippen molar-refractivity contribution in [3.05, 3.63) is 65.9 Å². The maximum Gasteiger partial charge on any atom is 0.339 e. The first kappa shape index (κ1) is 18.6. The molecule has 1 fully saturated rings. The highest BCUT2D eigenvalue weighted by molar-refractivity contribution is 5.92. The van der Waals surface area contributed by atoms with Gasteiger partial charge in [-0.05, 0) is 30.7 Å². The smallest absolute Gasteiger partial charge is 0.339 e. The molecule has 1 aromatic carbocycles. The van der Waals surface area contributed by atoms with Crippen molar-refractivity contribution >= 4 is 23.8 Å². The lowest BCUT2D eigenvalue weighted by atomic mass is 10.2. The summed E-state index contributed by atoms with van der Waals surface area (Å²) >= 11 is 0. The zero-order valence-corrected chi connectivity index (χ0v) is 15.4. The van der Waals surface area contributed by atoms with E-state index in [9.17, 15) is 9.59 Å². The fraction of sp³-hybridized carbons (Fsp3) is 0.286. The van der Waals surface area contributed by atoms with Crippen molar-refractivity contribution in [3.63, 3.8) is 0 Å². The molecule has 1 saturated heterocycles. The van der Waals surface area contributed by atoms with E-state index < -0.39 is 0 Å². The maximum absolute atomic E-state index is 12.3. The molecular weight excluding hydrogens is 342 g/mol. The van der Waals surface area contributed by atoms with Gasteiger partial charge in [0.25, 0.3) is 0 Å². The summed E-state index contributed by atoms with van der Waals surface area (Å²) in [6, 6.07) is 13.3. The number of hydrogen-bond donors (Lipinski definition) is 0. The highest BCUT2D eigenvalue weighted by atomic mass is 16.5. The summed E-state index contributed by atoms with van der Waals surface area (Å²) in [7, 11) is 0. The average molecular weight is 365 g/mol. The predicted molar refractivity (Wildman–Crippen MR) is 104 cm³/mol. The van der Waals surface area contributed by atoms with Crippen molar-refractivity contribution in [2.75, 3.05) is 37.7 Å². The van der Waals surface area contributed by atoms with Gasteiger partial charge in [-0.2, -0.15) is 0 Å². The molecule has 1 amide bonds. The first-order valence-electron chi connectivity index (χ1n) is 9.07. The second-order valence-electron chi connectivity index (χ2n) is 6.18. The molecule has 0 bridgehead atoms. The van der Waals surface area contributed by atoms with Gasteiger partial charge in [0.15, 0.2) is 0 Å². The summed E-state index contributed by atoms with van der Waals surface area (Å²) in [5.41, 5.74) is 1.45. The van der Waals surface area contributed by atoms with Crippen LogP contribution in [0.3, 0.4) is 0 Å². The van der Waals surface area contributed by atoms with E-state index in [1.165, 1.54) is 6.20 Å². The molecule has 0 spiro atoms. The number of benzene rings is 1. The number of carbonyl (C=O) groups excluding carboxylic acids is 2. The number of piperazine rings is 1. The van der Waals surface area contributed by atoms with Gasteiger partial charge in [0.1, 0.15) is 5.82 Å². The number of nitrogens with zero attached hydrogens (tertiary/aromatic N) is 3. The molecule has 0 radical (unpaired) electrons. The molecule has 1 aliphatic rings. The van der Waals surface area contributed by atoms with Crippen LogP contribution in [0.5, 0.6) is 0 Å². The molecule has 0 atom stereocenters. The molecular formula is C21H23N3O3. The highest BCUT2D eigenvalue weighted by Gasteiger charge is 2.20. The third kappa shape index (κ3) is 4.94. The number of ether oxygens (including phenoxy) is 1. The monoisotopic (exact) mass is 365 g/mol. The largest absolute Gasteiger partial charge is 0.462 e. The Kier molecular flexibility index (Phi) is 6.20. The van der Waals surface area contributed by atoms with E-state index >= 15 is 0 Å². The van der Waals surface area contributed by atoms with E-state index in [0.29, 0.717) is 38.3 Å². The van der Waals surface area contributed by atoms with E-state index in [1.807, 2.05) is 47.4 Å². The zero-order valence-electron chi connectivity index (χ0n) is 15.4. The lowest BCUT2D eigenvalue weighted by Gasteiger charge is -2.35. The SMILES string of the molecule is CCOC(=O)c1ccc(N2CCN(C(=O)/C=C/c3ccccc3)CC2)nc1. The van der Waals surface area contributed by atoms with Crippen LogP contribution in [0.1, 0.15) is 22.8 Å². The minimum Gasteiger partial charge on any atom is -0.462 e. The van der Waals surface area contributed by atoms with Crippen LogP contribution in [-0.4, -0.2) is 54.5 Å². The molecule has 1 aromatic heterocycles. The van der Waals surface area contributed by atoms with Crippen LogP contribution in [0.4, 0.5) is 5.82 Å². The van der Waals surface area contributed by atoms with Gasteiger partial charge in [0.2, 0.25) is 5.91 Å². The zero-order chi connectivity index (χ0) is 19.1. The standard InChI is InChI=1S/C21H23N3O3/c1-2-27-21(26)18-9-10-19(22-16-18)23-12-14-24(15-13-23)20(25)11-8-17-6-4-3-5-7-17/h3-11,16H,2,12-15H2,1H3/b11-8+. The lowest BCUT2D eigenvalue weighted by Crippen LogP contribution is -2.48. The summed E-state index contributed by atoms with van der Waals surface area (Å²) in [6.45, 7) is 4.80. The van der Waals surface area contributed by atoms with Crippen molar-refractivity contribution in [1.29, 1.82) is 0 Å². The molecule has 2 aromatic rings. The van der Waals surface area contributed by atoms with Crippen LogP contribution in [0.2, 0.25) is 0 Å². The number of hydrogen-bond acceptors (Lipinski definition) is 5. The van der Waals surface area contributed by atoms with Crippen LogP contribution < -0.4 is 4.90 Å². The quantitative estimate of drug-likeness (QED) is 0.602. The van der Waals surface area contributed by atoms with Gasteiger partial charge in [0, 0.05) is 38.5 Å². The van der Waals surface area contributed by atoms with Crippen molar-refractivity contribution in [3.8, 4) is 0 Å². The van der Waals surface area contributed by atoms with E-state index in [2.05, 4.69) is 9.88 Å². The van der Waals surface area contributed by atoms with Gasteiger partial charge < -0.3 is 14.5 Å². The van der Waals surface area contributed by atoms with Gasteiger partial charge in [-0.25, -0.2) is 9.78 Å². The molecule has 2 heterocycles. The van der Waals surface area contributed by atoms with E-state index in [1.54, 1.807) is 19.1 Å². The first-order valence-corrected chi connectivity index (χ1v) is 9.07. The van der Waals surface area contributed by atoms with E-state index in [-0.39, 0.29) is 11.9 Å². The van der Waals surface area contributed by atoms with Crippen molar-refractivity contribution in [2.24, 2.45) is 0 Å². The Morgan fingerprint density at radius 3 is 2.44 bits per heavy atom. The minimum absolute atomic E-state index is 0.0177. The number of pyridine rings is 1. The Morgan fingerprint density at radius 1 is 1.07 bits per heavy atom. The number of rotatable bonds is 5. The number of esters is 1. The van der Waals surface area contributed by atoms with Gasteiger partial charge in [0.05, 0.1) is 12.2 Å². The van der Waals surface area contributed by atoms with Gasteiger partial charge in [-0.3, -0.25) is 4.79 Å². The summed E-state index contributed by atoms with van der Waals surface area (Å²) < 4.78 is 4.97. The maximum atomic E-state index is 12.3. The van der Waals surface area contributed by atoms with Gasteiger partial charge in [-0.1, -0.05) is 30.3 Å². The summed E-state index contributed by atoms with van der Waals surface area (Å²) in [4.78, 5) is 32.3. The molecule has 3 rings (SSSR count). The van der Waals surface area contributed by atoms with Crippen molar-refractivity contribution in [2.45, 2.75) is 6.92 Å². The third-order valence-corrected chi connectivity index (χ3v) is 4.39. The average Bonchev–Trinajstić information content (AvgIpc) is 2.73. The van der Waals surface area contributed by atoms with Crippen LogP contribution in [0, 0.1) is 0 Å². The number of amides is 1. The molecule has 0 unspecified atom stereocenters. The lowest BCUT2D eigenvalue weighted by molar-refractivity contribution is -0.126. The third-order valence-electron chi connectivity index (χ3n) is 4.39. The molecule has 140 valence electrons. The predicted octanol–water partition coefficient (Wildman–Crippen LogP) is 2.62. The highest BCUT2D eigenvalue weighted by Crippen LogP contribution is 2.15. The first-order chi connectivity index (χ1) is 13.2. The van der Waals surface area contributed by atoms with Gasteiger partial charge in [-0.15, -0.1) is 0 Å². The second-order valence-corrected chi connectivity index (χ2v) is 6.18. The fourth-order valence-electron chi connectivity index (χ4n) is 2.90. The summed E-state index contributed by atoms with van der Waals surface area (Å²) in [5.74, 6) is 0.455. The number of carbonyl (C=O) groups is 2. The Morgan fingerprint density at radius 2 is 1.81 bits per heavy atom. The Labute approximate surface area is 159 Å². The van der Waals surface area contributed by atoms with Crippen LogP contribution in [0.15, 0.2) is 54.7 Å². The molecule has 0 aliphatic carbocycles. The topological polar surface area (TPSA) is 62.7 Å². The number of anilines is 1. The van der Waals surface area contributed by atoms with Gasteiger partial charge >= 0.3 is 5.97 Å². The van der Waals surface area contributed by atoms with Crippen LogP contribution in [0.25, 0.3) is 6.08 Å². The summed E-state index contributed by atoms with van der Waals surface area (Å²) in [5, 5.41) is 0. The molecule has 0 N–H and O–H groups in total. The van der Waals surface area contributed by atoms with Crippen molar-refractivity contribution < 1.29 is 14.3 Å². The number of aromatic nitrogens is 1. The van der Waals surface area contributed by atoms with E-state index in [4.69, 9.17) is 4.74 Å². The second kappa shape index (κ2) is 8.98. The Hall–Kier alpha value is -3.15. The van der Waals surface area contributed by atoms with E-state index in [0.717, 1.165) is 11.4 Å². The Bertz CT molecular complexity index is 795.